The molecule has 0 bridgehead atoms. The second-order valence-corrected chi connectivity index (χ2v) is 5.66. The molecule has 3 nitrogen and oxygen atoms in total. The molecule has 1 aromatic rings. The molecule has 1 aromatic heterocycles. The van der Waals surface area contributed by atoms with E-state index in [1.807, 2.05) is 34.9 Å². The highest BCUT2D eigenvalue weighted by Crippen LogP contribution is 2.06. The van der Waals surface area contributed by atoms with Gasteiger partial charge >= 0.3 is 0 Å². The number of thioether (sulfide) groups is 1. The Labute approximate surface area is 110 Å². The third-order valence-electron chi connectivity index (χ3n) is 2.04. The molecule has 0 saturated carbocycles. The zero-order valence-electron chi connectivity index (χ0n) is 9.53. The standard InChI is InChI=1S/C11H18BrN3S/c1-3-5-16-6-4-13-10(2)8-15-9-11(12)7-14-15/h3,7,9-10,13H,1,4-6,8H2,2H3. The molecule has 90 valence electrons. The average molecular weight is 304 g/mol. The van der Waals surface area contributed by atoms with E-state index >= 15 is 0 Å². The van der Waals surface area contributed by atoms with Gasteiger partial charge in [-0.3, -0.25) is 4.68 Å². The van der Waals surface area contributed by atoms with Crippen molar-refractivity contribution in [2.75, 3.05) is 18.1 Å². The van der Waals surface area contributed by atoms with Gasteiger partial charge in [0.1, 0.15) is 0 Å². The van der Waals surface area contributed by atoms with E-state index in [1.54, 1.807) is 0 Å². The summed E-state index contributed by atoms with van der Waals surface area (Å²) in [6.07, 6.45) is 5.74. The van der Waals surface area contributed by atoms with Crippen molar-refractivity contribution in [3.05, 3.63) is 29.5 Å². The molecule has 1 atom stereocenters. The van der Waals surface area contributed by atoms with Gasteiger partial charge in [-0.2, -0.15) is 16.9 Å². The highest BCUT2D eigenvalue weighted by Gasteiger charge is 2.02. The van der Waals surface area contributed by atoms with E-state index in [-0.39, 0.29) is 0 Å². The monoisotopic (exact) mass is 303 g/mol. The van der Waals surface area contributed by atoms with Crippen molar-refractivity contribution in [2.24, 2.45) is 0 Å². The molecule has 0 aliphatic rings. The van der Waals surface area contributed by atoms with E-state index in [4.69, 9.17) is 0 Å². The molecule has 0 amide bonds. The Morgan fingerprint density at radius 1 is 1.75 bits per heavy atom. The maximum absolute atomic E-state index is 4.22. The summed E-state index contributed by atoms with van der Waals surface area (Å²) in [5.74, 6) is 2.15. The maximum atomic E-state index is 4.22. The molecule has 0 fully saturated rings. The molecule has 1 rings (SSSR count). The Morgan fingerprint density at radius 3 is 3.19 bits per heavy atom. The fraction of sp³-hybridized carbons (Fsp3) is 0.545. The van der Waals surface area contributed by atoms with Crippen LogP contribution in [-0.2, 0) is 6.54 Å². The summed E-state index contributed by atoms with van der Waals surface area (Å²) in [4.78, 5) is 0. The first-order valence-electron chi connectivity index (χ1n) is 5.32. The minimum absolute atomic E-state index is 0.441. The molecule has 0 saturated heterocycles. The summed E-state index contributed by atoms with van der Waals surface area (Å²) in [6.45, 7) is 7.80. The zero-order chi connectivity index (χ0) is 11.8. The van der Waals surface area contributed by atoms with Gasteiger partial charge < -0.3 is 5.32 Å². The molecule has 1 unspecified atom stereocenters. The van der Waals surface area contributed by atoms with Crippen LogP contribution >= 0.6 is 27.7 Å². The third kappa shape index (κ3) is 5.72. The molecule has 0 radical (unpaired) electrons. The van der Waals surface area contributed by atoms with Crippen LogP contribution in [0, 0.1) is 0 Å². The number of halogens is 1. The largest absolute Gasteiger partial charge is 0.312 e. The van der Waals surface area contributed by atoms with Crippen LogP contribution in [0.5, 0.6) is 0 Å². The quantitative estimate of drug-likeness (QED) is 0.591. The van der Waals surface area contributed by atoms with Crippen molar-refractivity contribution in [3.63, 3.8) is 0 Å². The second kappa shape index (κ2) is 7.92. The second-order valence-electron chi connectivity index (χ2n) is 3.60. The van der Waals surface area contributed by atoms with E-state index in [9.17, 15) is 0 Å². The summed E-state index contributed by atoms with van der Waals surface area (Å²) >= 11 is 5.28. The summed E-state index contributed by atoms with van der Waals surface area (Å²) in [5, 5.41) is 7.69. The van der Waals surface area contributed by atoms with Crippen LogP contribution in [0.3, 0.4) is 0 Å². The minimum atomic E-state index is 0.441. The van der Waals surface area contributed by atoms with Gasteiger partial charge in [0.25, 0.3) is 0 Å². The van der Waals surface area contributed by atoms with Gasteiger partial charge in [-0.1, -0.05) is 6.08 Å². The topological polar surface area (TPSA) is 29.9 Å². The first-order chi connectivity index (χ1) is 7.72. The predicted molar refractivity (Wildman–Crippen MR) is 74.9 cm³/mol. The van der Waals surface area contributed by atoms with Crippen molar-refractivity contribution >= 4 is 27.7 Å². The number of hydrogen-bond acceptors (Lipinski definition) is 3. The van der Waals surface area contributed by atoms with Crippen molar-refractivity contribution < 1.29 is 0 Å². The number of aromatic nitrogens is 2. The van der Waals surface area contributed by atoms with Gasteiger partial charge in [0.05, 0.1) is 17.2 Å². The highest BCUT2D eigenvalue weighted by atomic mass is 79.9. The molecular weight excluding hydrogens is 286 g/mol. The normalized spacial score (nSPS) is 12.6. The van der Waals surface area contributed by atoms with Crippen LogP contribution in [-0.4, -0.2) is 33.9 Å². The molecular formula is C11H18BrN3S. The lowest BCUT2D eigenvalue weighted by Crippen LogP contribution is -2.32. The Kier molecular flexibility index (Phi) is 6.84. The Hall–Kier alpha value is -0.260. The number of nitrogens with zero attached hydrogens (tertiary/aromatic N) is 2. The van der Waals surface area contributed by atoms with Crippen molar-refractivity contribution in [2.45, 2.75) is 19.5 Å². The smallest absolute Gasteiger partial charge is 0.0632 e. The maximum Gasteiger partial charge on any atom is 0.0632 e. The molecule has 0 aromatic carbocycles. The Morgan fingerprint density at radius 2 is 2.56 bits per heavy atom. The molecule has 1 N–H and O–H groups in total. The lowest BCUT2D eigenvalue weighted by molar-refractivity contribution is 0.462. The van der Waals surface area contributed by atoms with Gasteiger partial charge in [0.15, 0.2) is 0 Å². The van der Waals surface area contributed by atoms with E-state index in [1.165, 1.54) is 0 Å². The summed E-state index contributed by atoms with van der Waals surface area (Å²) in [5.41, 5.74) is 0. The van der Waals surface area contributed by atoms with Crippen LogP contribution in [0.15, 0.2) is 29.5 Å². The highest BCUT2D eigenvalue weighted by molar-refractivity contribution is 9.10. The number of hydrogen-bond donors (Lipinski definition) is 1. The summed E-state index contributed by atoms with van der Waals surface area (Å²) in [7, 11) is 0. The molecule has 0 aliphatic carbocycles. The Balaban J connectivity index is 2.11. The van der Waals surface area contributed by atoms with Crippen molar-refractivity contribution in [3.8, 4) is 0 Å². The first kappa shape index (κ1) is 13.8. The fourth-order valence-electron chi connectivity index (χ4n) is 1.33. The van der Waals surface area contributed by atoms with Gasteiger partial charge in [-0.05, 0) is 22.9 Å². The average Bonchev–Trinajstić information content (AvgIpc) is 2.63. The lowest BCUT2D eigenvalue weighted by Gasteiger charge is -2.13. The SMILES string of the molecule is C=CCSCCNC(C)Cn1cc(Br)cn1. The fourth-order valence-corrected chi connectivity index (χ4v) is 2.25. The predicted octanol–water partition coefficient (Wildman–Crippen LogP) is 2.54. The van der Waals surface area contributed by atoms with Crippen LogP contribution in [0.25, 0.3) is 0 Å². The van der Waals surface area contributed by atoms with E-state index in [0.29, 0.717) is 6.04 Å². The van der Waals surface area contributed by atoms with Gasteiger partial charge in [-0.15, -0.1) is 6.58 Å². The zero-order valence-corrected chi connectivity index (χ0v) is 11.9. The van der Waals surface area contributed by atoms with E-state index < -0.39 is 0 Å². The Bertz CT molecular complexity index is 314. The van der Waals surface area contributed by atoms with Crippen LogP contribution in [0.1, 0.15) is 6.92 Å². The molecule has 1 heterocycles. The minimum Gasteiger partial charge on any atom is -0.312 e. The van der Waals surface area contributed by atoms with Gasteiger partial charge in [0.2, 0.25) is 0 Å². The van der Waals surface area contributed by atoms with Crippen LogP contribution < -0.4 is 5.32 Å². The number of rotatable bonds is 8. The van der Waals surface area contributed by atoms with E-state index in [2.05, 4.69) is 39.8 Å². The van der Waals surface area contributed by atoms with Gasteiger partial charge in [0, 0.05) is 30.3 Å². The third-order valence-corrected chi connectivity index (χ3v) is 3.41. The van der Waals surface area contributed by atoms with Crippen LogP contribution in [0.2, 0.25) is 0 Å². The van der Waals surface area contributed by atoms with Gasteiger partial charge in [-0.25, -0.2) is 0 Å². The van der Waals surface area contributed by atoms with Crippen molar-refractivity contribution in [1.82, 2.24) is 15.1 Å². The van der Waals surface area contributed by atoms with Crippen LogP contribution in [0.4, 0.5) is 0 Å². The number of nitrogens with one attached hydrogen (secondary N) is 1. The molecule has 0 aliphatic heterocycles. The first-order valence-corrected chi connectivity index (χ1v) is 7.27. The summed E-state index contributed by atoms with van der Waals surface area (Å²) < 4.78 is 2.97. The van der Waals surface area contributed by atoms with E-state index in [0.717, 1.165) is 29.1 Å². The molecule has 5 heteroatoms. The molecule has 0 spiro atoms. The van der Waals surface area contributed by atoms with Crippen molar-refractivity contribution in [1.29, 1.82) is 0 Å². The summed E-state index contributed by atoms with van der Waals surface area (Å²) in [6, 6.07) is 0.441. The lowest BCUT2D eigenvalue weighted by atomic mass is 10.3. The molecule has 16 heavy (non-hydrogen) atoms.